The Balaban J connectivity index is 1.76. The lowest BCUT2D eigenvalue weighted by Gasteiger charge is -2.26. The molecule has 34 heavy (non-hydrogen) atoms. The lowest BCUT2D eigenvalue weighted by molar-refractivity contribution is -0.156. The molecule has 0 unspecified atom stereocenters. The highest BCUT2D eigenvalue weighted by molar-refractivity contribution is 9.10. The predicted octanol–water partition coefficient (Wildman–Crippen LogP) is 4.44. The molecule has 184 valence electrons. The number of carbonyl (C=O) groups excluding carboxylic acids is 2. The van der Waals surface area contributed by atoms with Gasteiger partial charge in [0.05, 0.1) is 43.1 Å². The van der Waals surface area contributed by atoms with Crippen molar-refractivity contribution in [1.29, 1.82) is 0 Å². The van der Waals surface area contributed by atoms with Crippen LogP contribution >= 0.6 is 15.9 Å². The van der Waals surface area contributed by atoms with Crippen LogP contribution in [0.15, 0.2) is 33.7 Å². The summed E-state index contributed by atoms with van der Waals surface area (Å²) >= 11 is 3.50. The summed E-state index contributed by atoms with van der Waals surface area (Å²) in [6, 6.07) is 7.63. The lowest BCUT2D eigenvalue weighted by atomic mass is 10.1. The second kappa shape index (κ2) is 11.3. The fourth-order valence-electron chi connectivity index (χ4n) is 3.83. The van der Waals surface area contributed by atoms with E-state index in [0.717, 1.165) is 40.6 Å². The van der Waals surface area contributed by atoms with Crippen LogP contribution in [-0.2, 0) is 14.3 Å². The van der Waals surface area contributed by atoms with Crippen LogP contribution in [-0.4, -0.2) is 73.6 Å². The normalized spacial score (nSPS) is 16.4. The fourth-order valence-corrected chi connectivity index (χ4v) is 4.18. The van der Waals surface area contributed by atoms with E-state index < -0.39 is 5.60 Å². The van der Waals surface area contributed by atoms with Gasteiger partial charge in [-0.15, -0.1) is 0 Å². The quantitative estimate of drug-likeness (QED) is 0.215. The van der Waals surface area contributed by atoms with Gasteiger partial charge in [0.1, 0.15) is 11.4 Å². The molecule has 8 nitrogen and oxygen atoms in total. The van der Waals surface area contributed by atoms with E-state index in [2.05, 4.69) is 25.8 Å². The predicted molar refractivity (Wildman–Crippen MR) is 138 cm³/mol. The number of hydrogen-bond donors (Lipinski definition) is 0. The molecule has 0 saturated carbocycles. The third kappa shape index (κ3) is 7.24. The summed E-state index contributed by atoms with van der Waals surface area (Å²) in [6.45, 7) is 7.15. The average molecular weight is 533 g/mol. The van der Waals surface area contributed by atoms with Gasteiger partial charge in [0.25, 0.3) is 5.91 Å². The molecule has 1 aromatic carbocycles. The maximum absolute atomic E-state index is 12.9. The zero-order valence-corrected chi connectivity index (χ0v) is 22.1. The van der Waals surface area contributed by atoms with E-state index in [4.69, 9.17) is 14.5 Å². The molecule has 0 spiro atoms. The first-order valence-corrected chi connectivity index (χ1v) is 12.2. The number of aromatic nitrogens is 1. The van der Waals surface area contributed by atoms with Crippen molar-refractivity contribution < 1.29 is 19.1 Å². The Labute approximate surface area is 209 Å². The highest BCUT2D eigenvalue weighted by Gasteiger charge is 2.27. The number of ether oxygens (including phenoxy) is 2. The molecule has 1 aliphatic heterocycles. The van der Waals surface area contributed by atoms with Gasteiger partial charge in [0, 0.05) is 30.5 Å². The Morgan fingerprint density at radius 1 is 1.29 bits per heavy atom. The van der Waals surface area contributed by atoms with E-state index >= 15 is 0 Å². The molecular formula is C25H33BrN4O4. The molecular weight excluding hydrogens is 500 g/mol. The van der Waals surface area contributed by atoms with E-state index in [0.29, 0.717) is 18.8 Å². The molecule has 2 heterocycles. The second-order valence-electron chi connectivity index (χ2n) is 9.60. The first kappa shape index (κ1) is 26.1. The van der Waals surface area contributed by atoms with E-state index in [1.807, 2.05) is 59.1 Å². The van der Waals surface area contributed by atoms with Crippen molar-refractivity contribution in [3.63, 3.8) is 0 Å². The van der Waals surface area contributed by atoms with Gasteiger partial charge in [-0.3, -0.25) is 9.59 Å². The summed E-state index contributed by atoms with van der Waals surface area (Å²) in [4.78, 5) is 37.7. The van der Waals surface area contributed by atoms with Crippen molar-refractivity contribution in [3.8, 4) is 0 Å². The van der Waals surface area contributed by atoms with Crippen molar-refractivity contribution in [3.05, 3.63) is 34.3 Å². The molecule has 1 amide bonds. The summed E-state index contributed by atoms with van der Waals surface area (Å²) in [5, 5.41) is 0.761. The van der Waals surface area contributed by atoms with Crippen LogP contribution in [0.4, 0.5) is 5.82 Å². The van der Waals surface area contributed by atoms with Gasteiger partial charge in [-0.1, -0.05) is 22.0 Å². The summed E-state index contributed by atoms with van der Waals surface area (Å²) < 4.78 is 12.1. The minimum atomic E-state index is -0.498. The smallest absolute Gasteiger partial charge is 0.308 e. The van der Waals surface area contributed by atoms with Crippen LogP contribution in [0, 0.1) is 0 Å². The van der Waals surface area contributed by atoms with Crippen LogP contribution in [0.1, 0.15) is 50.4 Å². The van der Waals surface area contributed by atoms with Crippen LogP contribution in [0.3, 0.4) is 0 Å². The number of hydrogen-bond acceptors (Lipinski definition) is 6. The maximum Gasteiger partial charge on any atom is 0.308 e. The zero-order valence-electron chi connectivity index (χ0n) is 20.5. The Morgan fingerprint density at radius 3 is 2.76 bits per heavy atom. The molecule has 2 aromatic rings. The van der Waals surface area contributed by atoms with Crippen LogP contribution in [0.5, 0.6) is 0 Å². The number of fused-ring (bicyclic) bond motifs is 1. The van der Waals surface area contributed by atoms with E-state index in [1.165, 1.54) is 6.34 Å². The number of amides is 1. The van der Waals surface area contributed by atoms with Crippen LogP contribution in [0.25, 0.3) is 10.9 Å². The summed E-state index contributed by atoms with van der Waals surface area (Å²) in [5.41, 5.74) is 0.746. The van der Waals surface area contributed by atoms with Gasteiger partial charge in [0.2, 0.25) is 0 Å². The first-order chi connectivity index (χ1) is 16.0. The number of carbonyl (C=O) groups is 2. The molecule has 1 aliphatic rings. The molecule has 1 atom stereocenters. The minimum Gasteiger partial charge on any atom is -0.460 e. The second-order valence-corrected chi connectivity index (χ2v) is 10.5. The largest absolute Gasteiger partial charge is 0.460 e. The molecule has 1 aromatic heterocycles. The third-order valence-corrected chi connectivity index (χ3v) is 5.74. The van der Waals surface area contributed by atoms with E-state index in [9.17, 15) is 9.59 Å². The SMILES string of the molecule is CN(C)/C=N/C(=O)c1cc(N2CCC[C@H]2COCCC(=O)OC(C)(C)C)nc2cc(Br)ccc12. The summed E-state index contributed by atoms with van der Waals surface area (Å²) in [7, 11) is 3.64. The monoisotopic (exact) mass is 532 g/mol. The molecule has 0 bridgehead atoms. The van der Waals surface area contributed by atoms with Crippen molar-refractivity contribution in [2.45, 2.75) is 51.7 Å². The fraction of sp³-hybridized carbons (Fsp3) is 0.520. The molecule has 1 fully saturated rings. The van der Waals surface area contributed by atoms with Crippen molar-refractivity contribution in [2.24, 2.45) is 4.99 Å². The topological polar surface area (TPSA) is 84.3 Å². The number of pyridine rings is 1. The molecule has 0 N–H and O–H groups in total. The van der Waals surface area contributed by atoms with Gasteiger partial charge < -0.3 is 19.3 Å². The van der Waals surface area contributed by atoms with Gasteiger partial charge in [-0.25, -0.2) is 4.98 Å². The third-order valence-electron chi connectivity index (χ3n) is 5.25. The zero-order chi connectivity index (χ0) is 24.9. The van der Waals surface area contributed by atoms with Gasteiger partial charge in [-0.2, -0.15) is 4.99 Å². The number of anilines is 1. The Kier molecular flexibility index (Phi) is 8.65. The Morgan fingerprint density at radius 2 is 2.06 bits per heavy atom. The van der Waals surface area contributed by atoms with Crippen molar-refractivity contribution in [1.82, 2.24) is 9.88 Å². The van der Waals surface area contributed by atoms with Crippen molar-refractivity contribution in [2.75, 3.05) is 38.8 Å². The Bertz CT molecular complexity index is 1060. The van der Waals surface area contributed by atoms with E-state index in [1.54, 1.807) is 4.90 Å². The average Bonchev–Trinajstić information content (AvgIpc) is 3.21. The number of esters is 1. The standard InChI is InChI=1S/C25H33BrN4O4/c1-25(2,3)34-23(31)10-12-33-15-18-7-6-11-30(18)22-14-20(24(32)27-16-29(4)5)19-9-8-17(26)13-21(19)28-22/h8-9,13-14,16,18H,6-7,10-12,15H2,1-5H3/b27-16+/t18-/m0/s1. The highest BCUT2D eigenvalue weighted by Crippen LogP contribution is 2.30. The Hall–Kier alpha value is -2.52. The minimum absolute atomic E-state index is 0.115. The molecule has 9 heteroatoms. The summed E-state index contributed by atoms with van der Waals surface area (Å²) in [5.74, 6) is 0.153. The first-order valence-electron chi connectivity index (χ1n) is 11.4. The van der Waals surface area contributed by atoms with Gasteiger partial charge in [-0.05, 0) is 51.8 Å². The molecule has 3 rings (SSSR count). The maximum atomic E-state index is 12.9. The summed E-state index contributed by atoms with van der Waals surface area (Å²) in [6.07, 6.45) is 3.67. The molecule has 1 saturated heterocycles. The van der Waals surface area contributed by atoms with E-state index in [-0.39, 0.29) is 24.3 Å². The van der Waals surface area contributed by atoms with Crippen molar-refractivity contribution >= 4 is 50.9 Å². The highest BCUT2D eigenvalue weighted by atomic mass is 79.9. The number of nitrogens with zero attached hydrogens (tertiary/aromatic N) is 4. The number of halogens is 1. The van der Waals surface area contributed by atoms with Crippen LogP contribution in [0.2, 0.25) is 0 Å². The van der Waals surface area contributed by atoms with Gasteiger partial charge in [0.15, 0.2) is 0 Å². The lowest BCUT2D eigenvalue weighted by Crippen LogP contribution is -2.34. The van der Waals surface area contributed by atoms with Crippen LogP contribution < -0.4 is 4.90 Å². The number of benzene rings is 1. The number of rotatable bonds is 8. The van der Waals surface area contributed by atoms with Gasteiger partial charge >= 0.3 is 5.97 Å². The number of aliphatic imine (C=N–C) groups is 1. The molecule has 0 aliphatic carbocycles. The molecule has 0 radical (unpaired) electrons.